The van der Waals surface area contributed by atoms with E-state index in [0.29, 0.717) is 23.8 Å². The lowest BCUT2D eigenvalue weighted by Gasteiger charge is -2.11. The molecule has 0 saturated heterocycles. The SMILES string of the molecule is COc1ccccc1OCc1ccc(C(=O)NCC2Cc3ccccc3O2)o1. The lowest BCUT2D eigenvalue weighted by Crippen LogP contribution is -2.34. The summed E-state index contributed by atoms with van der Waals surface area (Å²) in [5.41, 5.74) is 1.16. The number of nitrogens with one attached hydrogen (secondary N) is 1. The molecule has 0 aliphatic carbocycles. The second kappa shape index (κ2) is 8.08. The third-order valence-electron chi connectivity index (χ3n) is 4.53. The van der Waals surface area contributed by atoms with Crippen molar-refractivity contribution in [3.05, 3.63) is 77.7 Å². The van der Waals surface area contributed by atoms with Crippen LogP contribution in [-0.2, 0) is 13.0 Å². The number of carbonyl (C=O) groups excluding carboxylic acids is 1. The van der Waals surface area contributed by atoms with E-state index in [2.05, 4.69) is 5.32 Å². The minimum atomic E-state index is -0.275. The maximum Gasteiger partial charge on any atom is 0.287 e. The number of para-hydroxylation sites is 3. The van der Waals surface area contributed by atoms with Gasteiger partial charge in [-0.1, -0.05) is 30.3 Å². The monoisotopic (exact) mass is 379 g/mol. The molecule has 1 aromatic heterocycles. The van der Waals surface area contributed by atoms with E-state index in [1.54, 1.807) is 19.2 Å². The number of fused-ring (bicyclic) bond motifs is 1. The number of amides is 1. The largest absolute Gasteiger partial charge is 0.493 e. The molecule has 1 aliphatic heterocycles. The molecule has 0 bridgehead atoms. The summed E-state index contributed by atoms with van der Waals surface area (Å²) in [5.74, 6) is 2.67. The molecule has 1 amide bonds. The zero-order chi connectivity index (χ0) is 19.3. The smallest absolute Gasteiger partial charge is 0.287 e. The Morgan fingerprint density at radius 3 is 2.68 bits per heavy atom. The highest BCUT2D eigenvalue weighted by molar-refractivity contribution is 5.91. The molecule has 144 valence electrons. The van der Waals surface area contributed by atoms with Gasteiger partial charge in [0.15, 0.2) is 17.3 Å². The molecule has 1 atom stereocenters. The van der Waals surface area contributed by atoms with E-state index in [9.17, 15) is 4.79 Å². The van der Waals surface area contributed by atoms with Gasteiger partial charge >= 0.3 is 0 Å². The van der Waals surface area contributed by atoms with Gasteiger partial charge < -0.3 is 23.9 Å². The van der Waals surface area contributed by atoms with Gasteiger partial charge in [-0.05, 0) is 35.9 Å². The fraction of sp³-hybridized carbons (Fsp3) is 0.227. The van der Waals surface area contributed by atoms with Crippen LogP contribution in [-0.4, -0.2) is 25.7 Å². The predicted octanol–water partition coefficient (Wildman–Crippen LogP) is 3.60. The average molecular weight is 379 g/mol. The van der Waals surface area contributed by atoms with Crippen molar-refractivity contribution < 1.29 is 23.4 Å². The number of methoxy groups -OCH3 is 1. The van der Waals surface area contributed by atoms with Crippen LogP contribution < -0.4 is 19.5 Å². The molecule has 1 unspecified atom stereocenters. The summed E-state index contributed by atoms with van der Waals surface area (Å²) in [6.07, 6.45) is 0.719. The van der Waals surface area contributed by atoms with Crippen LogP contribution in [0, 0.1) is 0 Å². The zero-order valence-electron chi connectivity index (χ0n) is 15.5. The molecule has 6 heteroatoms. The first-order chi connectivity index (χ1) is 13.7. The normalized spacial score (nSPS) is 14.8. The van der Waals surface area contributed by atoms with E-state index in [4.69, 9.17) is 18.6 Å². The molecule has 1 aliphatic rings. The van der Waals surface area contributed by atoms with E-state index in [0.717, 1.165) is 17.7 Å². The fourth-order valence-corrected chi connectivity index (χ4v) is 3.13. The molecule has 2 aromatic carbocycles. The molecule has 6 nitrogen and oxygen atoms in total. The van der Waals surface area contributed by atoms with Crippen molar-refractivity contribution in [3.63, 3.8) is 0 Å². The van der Waals surface area contributed by atoms with Crippen LogP contribution in [0.5, 0.6) is 17.2 Å². The van der Waals surface area contributed by atoms with Gasteiger partial charge in [0.05, 0.1) is 13.7 Å². The molecule has 28 heavy (non-hydrogen) atoms. The Labute approximate surface area is 163 Å². The minimum Gasteiger partial charge on any atom is -0.493 e. The van der Waals surface area contributed by atoms with Crippen LogP contribution in [0.1, 0.15) is 21.9 Å². The predicted molar refractivity (Wildman–Crippen MR) is 103 cm³/mol. The number of rotatable bonds is 7. The fourth-order valence-electron chi connectivity index (χ4n) is 3.13. The first-order valence-electron chi connectivity index (χ1n) is 9.10. The van der Waals surface area contributed by atoms with Gasteiger partial charge in [0.25, 0.3) is 5.91 Å². The summed E-state index contributed by atoms with van der Waals surface area (Å²) < 4.78 is 22.4. The van der Waals surface area contributed by atoms with Crippen LogP contribution in [0.25, 0.3) is 0 Å². The maximum absolute atomic E-state index is 12.3. The van der Waals surface area contributed by atoms with Crippen LogP contribution in [0.2, 0.25) is 0 Å². The van der Waals surface area contributed by atoms with Crippen molar-refractivity contribution >= 4 is 5.91 Å². The molecule has 3 aromatic rings. The van der Waals surface area contributed by atoms with Gasteiger partial charge in [-0.2, -0.15) is 0 Å². The number of carbonyl (C=O) groups is 1. The van der Waals surface area contributed by atoms with E-state index in [1.165, 1.54) is 0 Å². The Balaban J connectivity index is 1.29. The topological polar surface area (TPSA) is 69.9 Å². The summed E-state index contributed by atoms with van der Waals surface area (Å²) in [4.78, 5) is 12.3. The average Bonchev–Trinajstić information content (AvgIpc) is 3.37. The first kappa shape index (κ1) is 18.0. The number of hydrogen-bond acceptors (Lipinski definition) is 5. The molecule has 4 rings (SSSR count). The Bertz CT molecular complexity index is 940. The Kier molecular flexibility index (Phi) is 5.19. The molecule has 0 fully saturated rings. The molecular weight excluding hydrogens is 358 g/mol. The van der Waals surface area contributed by atoms with E-state index in [1.807, 2.05) is 48.5 Å². The maximum atomic E-state index is 12.3. The standard InChI is InChI=1S/C22H21NO5/c1-25-19-8-4-5-9-20(19)26-14-16-10-11-21(27-16)22(24)23-13-17-12-15-6-2-3-7-18(15)28-17/h2-11,17H,12-14H2,1H3,(H,23,24). The van der Waals surface area contributed by atoms with Gasteiger partial charge in [0, 0.05) is 6.42 Å². The number of ether oxygens (including phenoxy) is 3. The van der Waals surface area contributed by atoms with Gasteiger partial charge in [-0.15, -0.1) is 0 Å². The number of benzene rings is 2. The second-order valence-electron chi connectivity index (χ2n) is 6.47. The van der Waals surface area contributed by atoms with Crippen LogP contribution in [0.15, 0.2) is 65.1 Å². The van der Waals surface area contributed by atoms with E-state index in [-0.39, 0.29) is 24.4 Å². The summed E-state index contributed by atoms with van der Waals surface area (Å²) in [6, 6.07) is 18.6. The number of hydrogen-bond donors (Lipinski definition) is 1. The van der Waals surface area contributed by atoms with Crippen LogP contribution in [0.3, 0.4) is 0 Å². The molecule has 0 radical (unpaired) electrons. The van der Waals surface area contributed by atoms with E-state index >= 15 is 0 Å². The van der Waals surface area contributed by atoms with Crippen LogP contribution >= 0.6 is 0 Å². The lowest BCUT2D eigenvalue weighted by atomic mass is 10.1. The van der Waals surface area contributed by atoms with Gasteiger partial charge in [0.2, 0.25) is 0 Å². The molecule has 2 heterocycles. The molecule has 1 N–H and O–H groups in total. The number of furan rings is 1. The molecular formula is C22H21NO5. The third-order valence-corrected chi connectivity index (χ3v) is 4.53. The summed E-state index contributed by atoms with van der Waals surface area (Å²) in [6.45, 7) is 0.621. The highest BCUT2D eigenvalue weighted by atomic mass is 16.5. The lowest BCUT2D eigenvalue weighted by molar-refractivity contribution is 0.0901. The van der Waals surface area contributed by atoms with E-state index < -0.39 is 0 Å². The third kappa shape index (κ3) is 3.96. The first-order valence-corrected chi connectivity index (χ1v) is 9.10. The highest BCUT2D eigenvalue weighted by Crippen LogP contribution is 2.28. The van der Waals surface area contributed by atoms with Gasteiger partial charge in [0.1, 0.15) is 24.2 Å². The summed E-state index contributed by atoms with van der Waals surface area (Å²) >= 11 is 0. The van der Waals surface area contributed by atoms with Crippen molar-refractivity contribution in [2.24, 2.45) is 0 Å². The quantitative estimate of drug-likeness (QED) is 0.679. The van der Waals surface area contributed by atoms with Crippen molar-refractivity contribution in [2.75, 3.05) is 13.7 Å². The van der Waals surface area contributed by atoms with Crippen LogP contribution in [0.4, 0.5) is 0 Å². The Morgan fingerprint density at radius 2 is 1.86 bits per heavy atom. The highest BCUT2D eigenvalue weighted by Gasteiger charge is 2.23. The van der Waals surface area contributed by atoms with Crippen molar-refractivity contribution in [3.8, 4) is 17.2 Å². The second-order valence-corrected chi connectivity index (χ2v) is 6.47. The summed E-state index contributed by atoms with van der Waals surface area (Å²) in [5, 5.41) is 2.86. The molecule has 0 spiro atoms. The molecule has 0 saturated carbocycles. The van der Waals surface area contributed by atoms with Gasteiger partial charge in [-0.25, -0.2) is 0 Å². The van der Waals surface area contributed by atoms with Gasteiger partial charge in [-0.3, -0.25) is 4.79 Å². The van der Waals surface area contributed by atoms with Crippen molar-refractivity contribution in [2.45, 2.75) is 19.1 Å². The zero-order valence-corrected chi connectivity index (χ0v) is 15.5. The minimum absolute atomic E-state index is 0.0651. The Morgan fingerprint density at radius 1 is 1.07 bits per heavy atom. The Hall–Kier alpha value is -3.41. The summed E-state index contributed by atoms with van der Waals surface area (Å²) in [7, 11) is 1.59. The van der Waals surface area contributed by atoms with Crippen molar-refractivity contribution in [1.82, 2.24) is 5.32 Å². The van der Waals surface area contributed by atoms with Crippen molar-refractivity contribution in [1.29, 1.82) is 0 Å².